The minimum absolute atomic E-state index is 0.113. The van der Waals surface area contributed by atoms with Gasteiger partial charge in [0.15, 0.2) is 0 Å². The Morgan fingerprint density at radius 1 is 1.07 bits per heavy atom. The number of carbonyl (C=O) groups excluding carboxylic acids is 2. The van der Waals surface area contributed by atoms with Gasteiger partial charge in [-0.05, 0) is 29.3 Å². The molecule has 0 radical (unpaired) electrons. The van der Waals surface area contributed by atoms with E-state index in [-0.39, 0.29) is 18.4 Å². The van der Waals surface area contributed by atoms with Crippen LogP contribution in [0.2, 0.25) is 0 Å². The number of alkyl halides is 3. The van der Waals surface area contributed by atoms with Gasteiger partial charge in [0, 0.05) is 6.42 Å². The zero-order chi connectivity index (χ0) is 20.0. The van der Waals surface area contributed by atoms with E-state index < -0.39 is 35.5 Å². The van der Waals surface area contributed by atoms with Crippen LogP contribution in [0.4, 0.5) is 17.6 Å². The molecule has 27 heavy (non-hydrogen) atoms. The highest BCUT2D eigenvalue weighted by molar-refractivity contribution is 5.85. The van der Waals surface area contributed by atoms with E-state index in [1.807, 2.05) is 0 Å². The maximum absolute atomic E-state index is 13.8. The fourth-order valence-electron chi connectivity index (χ4n) is 2.46. The predicted octanol–water partition coefficient (Wildman–Crippen LogP) is 3.29. The SMILES string of the molecule is COC(=O)[C@H](Cc1ccccc1F)NC(=O)Cc1ccc(C(F)(F)F)cc1. The van der Waals surface area contributed by atoms with Crippen LogP contribution in [0.3, 0.4) is 0 Å². The van der Waals surface area contributed by atoms with Gasteiger partial charge in [-0.15, -0.1) is 0 Å². The van der Waals surface area contributed by atoms with Gasteiger partial charge in [-0.2, -0.15) is 13.2 Å². The number of halogens is 4. The third-order valence-corrected chi connectivity index (χ3v) is 3.85. The Hall–Kier alpha value is -2.90. The summed E-state index contributed by atoms with van der Waals surface area (Å²) in [7, 11) is 1.14. The number of ether oxygens (including phenoxy) is 1. The van der Waals surface area contributed by atoms with Crippen molar-refractivity contribution in [2.75, 3.05) is 7.11 Å². The molecule has 0 fully saturated rings. The number of amides is 1. The molecular formula is C19H17F4NO3. The van der Waals surface area contributed by atoms with E-state index in [0.29, 0.717) is 5.56 Å². The lowest BCUT2D eigenvalue weighted by Gasteiger charge is -2.17. The van der Waals surface area contributed by atoms with Gasteiger partial charge in [0.2, 0.25) is 5.91 Å². The maximum Gasteiger partial charge on any atom is 0.416 e. The molecule has 0 saturated carbocycles. The molecule has 0 spiro atoms. The number of hydrogen-bond acceptors (Lipinski definition) is 3. The van der Waals surface area contributed by atoms with Gasteiger partial charge in [0.1, 0.15) is 11.9 Å². The third-order valence-electron chi connectivity index (χ3n) is 3.85. The highest BCUT2D eigenvalue weighted by Gasteiger charge is 2.30. The van der Waals surface area contributed by atoms with Crippen molar-refractivity contribution in [1.82, 2.24) is 5.32 Å². The van der Waals surface area contributed by atoms with Crippen molar-refractivity contribution in [1.29, 1.82) is 0 Å². The first kappa shape index (κ1) is 20.4. The molecule has 0 aliphatic carbocycles. The Balaban J connectivity index is 2.05. The Morgan fingerprint density at radius 2 is 1.70 bits per heavy atom. The summed E-state index contributed by atoms with van der Waals surface area (Å²) in [5.41, 5.74) is -0.253. The van der Waals surface area contributed by atoms with Crippen molar-refractivity contribution < 1.29 is 31.9 Å². The summed E-state index contributed by atoms with van der Waals surface area (Å²) in [6, 6.07) is 8.81. The molecule has 0 aliphatic rings. The number of benzene rings is 2. The van der Waals surface area contributed by atoms with Gasteiger partial charge in [0.25, 0.3) is 0 Å². The zero-order valence-corrected chi connectivity index (χ0v) is 14.3. The van der Waals surface area contributed by atoms with Crippen LogP contribution < -0.4 is 5.32 Å². The molecule has 1 N–H and O–H groups in total. The molecule has 2 aromatic rings. The Kier molecular flexibility index (Phi) is 6.55. The summed E-state index contributed by atoms with van der Waals surface area (Å²) in [6.07, 6.45) is -4.81. The molecule has 1 atom stereocenters. The van der Waals surface area contributed by atoms with E-state index in [2.05, 4.69) is 10.1 Å². The normalized spacial score (nSPS) is 12.3. The fourth-order valence-corrected chi connectivity index (χ4v) is 2.46. The van der Waals surface area contributed by atoms with E-state index in [4.69, 9.17) is 0 Å². The van der Waals surface area contributed by atoms with Crippen LogP contribution in [0.5, 0.6) is 0 Å². The average molecular weight is 383 g/mol. The monoisotopic (exact) mass is 383 g/mol. The molecule has 0 saturated heterocycles. The van der Waals surface area contributed by atoms with Crippen LogP contribution >= 0.6 is 0 Å². The largest absolute Gasteiger partial charge is 0.467 e. The first-order valence-electron chi connectivity index (χ1n) is 7.97. The van der Waals surface area contributed by atoms with Crippen LogP contribution in [0, 0.1) is 5.82 Å². The summed E-state index contributed by atoms with van der Waals surface area (Å²) in [4.78, 5) is 24.1. The van der Waals surface area contributed by atoms with Gasteiger partial charge in [-0.25, -0.2) is 9.18 Å². The van der Waals surface area contributed by atoms with Crippen molar-refractivity contribution in [3.8, 4) is 0 Å². The van der Waals surface area contributed by atoms with Crippen LogP contribution in [-0.4, -0.2) is 25.0 Å². The van der Waals surface area contributed by atoms with Gasteiger partial charge >= 0.3 is 12.1 Å². The molecule has 0 heterocycles. The van der Waals surface area contributed by atoms with Crippen LogP contribution in [0.15, 0.2) is 48.5 Å². The van der Waals surface area contributed by atoms with Gasteiger partial charge in [0.05, 0.1) is 19.1 Å². The molecule has 0 unspecified atom stereocenters. The molecule has 144 valence electrons. The lowest BCUT2D eigenvalue weighted by molar-refractivity contribution is -0.145. The Morgan fingerprint density at radius 3 is 2.26 bits per heavy atom. The van der Waals surface area contributed by atoms with Crippen molar-refractivity contribution in [3.63, 3.8) is 0 Å². The number of carbonyl (C=O) groups is 2. The molecule has 0 aliphatic heterocycles. The van der Waals surface area contributed by atoms with E-state index in [1.54, 1.807) is 6.07 Å². The lowest BCUT2D eigenvalue weighted by atomic mass is 10.0. The quantitative estimate of drug-likeness (QED) is 0.615. The highest BCUT2D eigenvalue weighted by Crippen LogP contribution is 2.29. The summed E-state index contributed by atoms with van der Waals surface area (Å²) >= 11 is 0. The molecule has 2 rings (SSSR count). The fraction of sp³-hybridized carbons (Fsp3) is 0.263. The minimum Gasteiger partial charge on any atom is -0.467 e. The topological polar surface area (TPSA) is 55.4 Å². The number of esters is 1. The van der Waals surface area contributed by atoms with E-state index in [9.17, 15) is 27.2 Å². The first-order chi connectivity index (χ1) is 12.7. The third kappa shape index (κ3) is 5.80. The maximum atomic E-state index is 13.8. The summed E-state index contributed by atoms with van der Waals surface area (Å²) in [5, 5.41) is 2.43. The predicted molar refractivity (Wildman–Crippen MR) is 89.2 cm³/mol. The Bertz CT molecular complexity index is 803. The molecule has 0 bridgehead atoms. The molecule has 0 aromatic heterocycles. The smallest absolute Gasteiger partial charge is 0.416 e. The summed E-state index contributed by atoms with van der Waals surface area (Å²) < 4.78 is 56.1. The second-order valence-electron chi connectivity index (χ2n) is 5.81. The van der Waals surface area contributed by atoms with Crippen molar-refractivity contribution in [2.24, 2.45) is 0 Å². The van der Waals surface area contributed by atoms with Crippen LogP contribution in [0.25, 0.3) is 0 Å². The average Bonchev–Trinajstić information content (AvgIpc) is 2.62. The molecule has 4 nitrogen and oxygen atoms in total. The van der Waals surface area contributed by atoms with Gasteiger partial charge < -0.3 is 10.1 Å². The summed E-state index contributed by atoms with van der Waals surface area (Å²) in [6.45, 7) is 0. The lowest BCUT2D eigenvalue weighted by Crippen LogP contribution is -2.43. The molecule has 1 amide bonds. The van der Waals surface area contributed by atoms with Crippen molar-refractivity contribution in [2.45, 2.75) is 25.1 Å². The summed E-state index contributed by atoms with van der Waals surface area (Å²) in [5.74, 6) is -1.87. The molecule has 8 heteroatoms. The van der Waals surface area contributed by atoms with Crippen molar-refractivity contribution in [3.05, 3.63) is 71.0 Å². The van der Waals surface area contributed by atoms with Gasteiger partial charge in [-0.3, -0.25) is 4.79 Å². The number of hydrogen-bond donors (Lipinski definition) is 1. The van der Waals surface area contributed by atoms with E-state index >= 15 is 0 Å². The first-order valence-corrected chi connectivity index (χ1v) is 7.97. The minimum atomic E-state index is -4.46. The second-order valence-corrected chi connectivity index (χ2v) is 5.81. The van der Waals surface area contributed by atoms with Crippen molar-refractivity contribution >= 4 is 11.9 Å². The number of methoxy groups -OCH3 is 1. The van der Waals surface area contributed by atoms with E-state index in [1.165, 1.54) is 30.3 Å². The standard InChI is InChI=1S/C19H17F4NO3/c1-27-18(26)16(11-13-4-2-3-5-15(13)20)24-17(25)10-12-6-8-14(9-7-12)19(21,22)23/h2-9,16H,10-11H2,1H3,(H,24,25)/t16-/m0/s1. The van der Waals surface area contributed by atoms with Crippen LogP contribution in [0.1, 0.15) is 16.7 Å². The molecular weight excluding hydrogens is 366 g/mol. The van der Waals surface area contributed by atoms with E-state index in [0.717, 1.165) is 19.2 Å². The van der Waals surface area contributed by atoms with Gasteiger partial charge in [-0.1, -0.05) is 30.3 Å². The zero-order valence-electron chi connectivity index (χ0n) is 14.3. The number of rotatable bonds is 6. The highest BCUT2D eigenvalue weighted by atomic mass is 19.4. The molecule has 2 aromatic carbocycles. The van der Waals surface area contributed by atoms with Crippen LogP contribution in [-0.2, 0) is 33.3 Å². The number of nitrogens with one attached hydrogen (secondary N) is 1. The Labute approximate surface area is 153 Å². The second kappa shape index (κ2) is 8.66.